The summed E-state index contributed by atoms with van der Waals surface area (Å²) in [5.41, 5.74) is 14.8. The molecule has 0 saturated carbocycles. The molecule has 0 N–H and O–H groups in total. The normalized spacial score (nSPS) is 11.8. The molecule has 0 nitrogen and oxygen atoms in total. The van der Waals surface area contributed by atoms with E-state index in [0.29, 0.717) is 0 Å². The SMILES string of the molecule is c1ccc(-c2ccc(-c3ccc(-c4c5ccccc5c5c6c4cccc6c4cccc6c(-c7ccccc7-c7ccccc7)c7ccccc7c5c64)c4ccccc34)c(-c3ccccc3)c2)cc1. The Morgan fingerprint density at radius 1 is 0.147 bits per heavy atom. The van der Waals surface area contributed by atoms with Gasteiger partial charge in [-0.15, -0.1) is 0 Å². The van der Waals surface area contributed by atoms with Crippen LogP contribution in [0.15, 0.2) is 255 Å². The zero-order valence-corrected chi connectivity index (χ0v) is 37.2. The van der Waals surface area contributed by atoms with E-state index in [9.17, 15) is 0 Å². The number of rotatable bonds is 6. The van der Waals surface area contributed by atoms with Gasteiger partial charge in [0.2, 0.25) is 0 Å². The summed E-state index contributed by atoms with van der Waals surface area (Å²) in [6.45, 7) is 0. The largest absolute Gasteiger partial charge is 0.0622 e. The molecule has 0 amide bonds. The lowest BCUT2D eigenvalue weighted by atomic mass is 9.79. The Hall–Kier alpha value is -8.84. The van der Waals surface area contributed by atoms with Crippen LogP contribution in [0.2, 0.25) is 0 Å². The monoisotopic (exact) mass is 858 g/mol. The average Bonchev–Trinajstić information content (AvgIpc) is 3.42. The molecule has 0 heteroatoms. The molecule has 0 atom stereocenters. The number of hydrogen-bond donors (Lipinski definition) is 0. The molecule has 14 rings (SSSR count). The molecule has 0 unspecified atom stereocenters. The van der Waals surface area contributed by atoms with Crippen LogP contribution < -0.4 is 0 Å². The van der Waals surface area contributed by atoms with E-state index in [4.69, 9.17) is 0 Å². The van der Waals surface area contributed by atoms with E-state index in [0.717, 1.165) is 0 Å². The highest BCUT2D eigenvalue weighted by molar-refractivity contribution is 6.46. The molecule has 0 saturated heterocycles. The number of hydrogen-bond acceptors (Lipinski definition) is 0. The van der Waals surface area contributed by atoms with Crippen LogP contribution in [-0.4, -0.2) is 0 Å². The number of benzene rings is 14. The van der Waals surface area contributed by atoms with Gasteiger partial charge in [0.1, 0.15) is 0 Å². The van der Waals surface area contributed by atoms with Gasteiger partial charge < -0.3 is 0 Å². The van der Waals surface area contributed by atoms with Gasteiger partial charge >= 0.3 is 0 Å². The highest BCUT2D eigenvalue weighted by Crippen LogP contribution is 2.53. The Labute approximate surface area is 395 Å². The van der Waals surface area contributed by atoms with Crippen molar-refractivity contribution in [1.82, 2.24) is 0 Å². The van der Waals surface area contributed by atoms with E-state index < -0.39 is 0 Å². The van der Waals surface area contributed by atoms with Crippen molar-refractivity contribution in [3.63, 3.8) is 0 Å². The van der Waals surface area contributed by atoms with Crippen molar-refractivity contribution in [2.75, 3.05) is 0 Å². The molecule has 0 aliphatic rings. The van der Waals surface area contributed by atoms with Gasteiger partial charge in [0.05, 0.1) is 0 Å². The third-order valence-electron chi connectivity index (χ3n) is 14.6. The van der Waals surface area contributed by atoms with Crippen molar-refractivity contribution in [2.45, 2.75) is 0 Å². The van der Waals surface area contributed by atoms with Crippen molar-refractivity contribution >= 4 is 75.4 Å². The van der Waals surface area contributed by atoms with Crippen molar-refractivity contribution < 1.29 is 0 Å². The van der Waals surface area contributed by atoms with E-state index in [1.807, 2.05) is 0 Å². The molecule has 68 heavy (non-hydrogen) atoms. The Bertz CT molecular complexity index is 4280. The van der Waals surface area contributed by atoms with Crippen LogP contribution in [0, 0.1) is 0 Å². The third-order valence-corrected chi connectivity index (χ3v) is 14.6. The molecule has 0 aromatic heterocycles. The van der Waals surface area contributed by atoms with E-state index in [1.54, 1.807) is 0 Å². The molecule has 14 aromatic carbocycles. The molecule has 0 fully saturated rings. The summed E-state index contributed by atoms with van der Waals surface area (Å²) in [6.07, 6.45) is 0. The lowest BCUT2D eigenvalue weighted by molar-refractivity contribution is 1.57. The summed E-state index contributed by atoms with van der Waals surface area (Å²) in [7, 11) is 0. The van der Waals surface area contributed by atoms with Crippen LogP contribution in [0.4, 0.5) is 0 Å². The Morgan fingerprint density at radius 2 is 0.515 bits per heavy atom. The first kappa shape index (κ1) is 38.4. The predicted molar refractivity (Wildman–Crippen MR) is 293 cm³/mol. The maximum Gasteiger partial charge on any atom is -0.000740 e. The first-order valence-corrected chi connectivity index (χ1v) is 23.7. The van der Waals surface area contributed by atoms with Crippen molar-refractivity contribution in [3.05, 3.63) is 255 Å². The first-order valence-electron chi connectivity index (χ1n) is 23.7. The highest BCUT2D eigenvalue weighted by Gasteiger charge is 2.25. The fourth-order valence-corrected chi connectivity index (χ4v) is 11.8. The second kappa shape index (κ2) is 15.4. The average molecular weight is 859 g/mol. The molecule has 0 aliphatic carbocycles. The second-order valence-corrected chi connectivity index (χ2v) is 18.2. The molecule has 314 valence electrons. The predicted octanol–water partition coefficient (Wildman–Crippen LogP) is 19.2. The Kier molecular flexibility index (Phi) is 8.69. The van der Waals surface area contributed by atoms with Gasteiger partial charge in [0.25, 0.3) is 0 Å². The molecule has 0 radical (unpaired) electrons. The van der Waals surface area contributed by atoms with Gasteiger partial charge in [-0.25, -0.2) is 0 Å². The fourth-order valence-electron chi connectivity index (χ4n) is 11.8. The zero-order valence-electron chi connectivity index (χ0n) is 37.2. The topological polar surface area (TPSA) is 0 Å². The van der Waals surface area contributed by atoms with Gasteiger partial charge in [0.15, 0.2) is 0 Å². The quantitative estimate of drug-likeness (QED) is 0.115. The standard InChI is InChI=1S/C68H42/c1-4-20-43(21-5-1)46-38-39-51(62(42-46)45-24-8-3-9-25-45)50-40-41-59(49-28-12-11-27-48(49)50)64-54-31-15-17-33-58(54)68-66-56(35-19-37-61(64)66)55-34-18-36-60-63(53-30-14-16-32-57(53)67(68)65(55)60)52-29-13-10-26-47(52)44-22-6-2-7-23-44/h1-42H. The minimum absolute atomic E-state index is 1.21. The molecule has 0 bridgehead atoms. The molecular formula is C68H42. The van der Waals surface area contributed by atoms with Crippen molar-refractivity contribution in [1.29, 1.82) is 0 Å². The molecule has 0 heterocycles. The zero-order chi connectivity index (χ0) is 44.7. The van der Waals surface area contributed by atoms with Crippen LogP contribution >= 0.6 is 0 Å². The van der Waals surface area contributed by atoms with Crippen LogP contribution in [0.25, 0.3) is 142 Å². The minimum Gasteiger partial charge on any atom is -0.0622 e. The molecular weight excluding hydrogens is 817 g/mol. The Balaban J connectivity index is 1.07. The summed E-state index contributed by atoms with van der Waals surface area (Å²) >= 11 is 0. The van der Waals surface area contributed by atoms with Crippen LogP contribution in [0.1, 0.15) is 0 Å². The lowest BCUT2D eigenvalue weighted by Gasteiger charge is -2.24. The van der Waals surface area contributed by atoms with Crippen molar-refractivity contribution in [3.8, 4) is 66.8 Å². The van der Waals surface area contributed by atoms with Crippen molar-refractivity contribution in [2.24, 2.45) is 0 Å². The van der Waals surface area contributed by atoms with Gasteiger partial charge in [-0.2, -0.15) is 0 Å². The molecule has 14 aromatic rings. The first-order chi connectivity index (χ1) is 33.8. The van der Waals surface area contributed by atoms with E-state index >= 15 is 0 Å². The van der Waals surface area contributed by atoms with Crippen LogP contribution in [0.5, 0.6) is 0 Å². The summed E-state index contributed by atoms with van der Waals surface area (Å²) in [6, 6.07) is 94.5. The third kappa shape index (κ3) is 5.74. The summed E-state index contributed by atoms with van der Waals surface area (Å²) in [5.74, 6) is 0. The maximum absolute atomic E-state index is 2.40. The second-order valence-electron chi connectivity index (χ2n) is 18.2. The van der Waals surface area contributed by atoms with E-state index in [2.05, 4.69) is 255 Å². The van der Waals surface area contributed by atoms with Gasteiger partial charge in [-0.05, 0) is 148 Å². The molecule has 0 spiro atoms. The van der Waals surface area contributed by atoms with E-state index in [1.165, 1.54) is 142 Å². The smallest absolute Gasteiger partial charge is 0.000740 e. The lowest BCUT2D eigenvalue weighted by Crippen LogP contribution is -1.96. The summed E-state index contributed by atoms with van der Waals surface area (Å²) in [4.78, 5) is 0. The van der Waals surface area contributed by atoms with Gasteiger partial charge in [0, 0.05) is 0 Å². The Morgan fingerprint density at radius 3 is 1.09 bits per heavy atom. The summed E-state index contributed by atoms with van der Waals surface area (Å²) in [5, 5.41) is 18.0. The maximum atomic E-state index is 2.40. The number of fused-ring (bicyclic) bond motifs is 7. The van der Waals surface area contributed by atoms with Gasteiger partial charge in [-0.3, -0.25) is 0 Å². The van der Waals surface area contributed by atoms with Crippen LogP contribution in [0.3, 0.4) is 0 Å². The van der Waals surface area contributed by atoms with E-state index in [-0.39, 0.29) is 0 Å². The summed E-state index contributed by atoms with van der Waals surface area (Å²) < 4.78 is 0. The van der Waals surface area contributed by atoms with Crippen LogP contribution in [-0.2, 0) is 0 Å². The highest BCUT2D eigenvalue weighted by atomic mass is 14.3. The molecule has 0 aliphatic heterocycles. The van der Waals surface area contributed by atoms with Gasteiger partial charge in [-0.1, -0.05) is 249 Å². The minimum atomic E-state index is 1.21. The fraction of sp³-hybridized carbons (Fsp3) is 0.